The summed E-state index contributed by atoms with van der Waals surface area (Å²) >= 11 is 11.8. The normalized spacial score (nSPS) is 24.5. The molecule has 0 atom stereocenters. The van der Waals surface area contributed by atoms with Crippen molar-refractivity contribution in [1.82, 2.24) is 10.6 Å². The summed E-state index contributed by atoms with van der Waals surface area (Å²) in [5.41, 5.74) is 2.00. The molecule has 0 unspecified atom stereocenters. The number of benzene rings is 2. The van der Waals surface area contributed by atoms with Crippen LogP contribution in [0, 0.1) is 11.8 Å². The van der Waals surface area contributed by atoms with Crippen LogP contribution in [-0.4, -0.2) is 23.9 Å². The van der Waals surface area contributed by atoms with Crippen LogP contribution in [0.4, 0.5) is 0 Å². The molecule has 2 aromatic carbocycles. The molecule has 0 aliphatic heterocycles. The van der Waals surface area contributed by atoms with Gasteiger partial charge in [-0.15, -0.1) is 0 Å². The fourth-order valence-electron chi connectivity index (χ4n) is 5.69. The number of nitrogens with one attached hydrogen (secondary N) is 2. The maximum atomic E-state index is 12.4. The number of carbonyl (C=O) groups excluding carboxylic acids is 2. The molecule has 0 aromatic heterocycles. The Morgan fingerprint density at radius 2 is 0.943 bits per heavy atom. The number of amides is 2. The molecule has 0 bridgehead atoms. The first-order valence-corrected chi connectivity index (χ1v) is 13.8. The summed E-state index contributed by atoms with van der Waals surface area (Å²) in [7, 11) is 0. The molecule has 35 heavy (non-hydrogen) atoms. The van der Waals surface area contributed by atoms with E-state index in [9.17, 15) is 9.59 Å². The van der Waals surface area contributed by atoms with E-state index in [2.05, 4.69) is 10.6 Å². The average molecular weight is 516 g/mol. The van der Waals surface area contributed by atoms with Crippen LogP contribution in [0.25, 0.3) is 0 Å². The maximum absolute atomic E-state index is 12.4. The minimum absolute atomic E-state index is 0.104. The van der Waals surface area contributed by atoms with Crippen molar-refractivity contribution < 1.29 is 9.59 Å². The molecule has 2 fully saturated rings. The summed E-state index contributed by atoms with van der Waals surface area (Å²) < 4.78 is 0. The quantitative estimate of drug-likeness (QED) is 0.421. The van der Waals surface area contributed by atoms with Gasteiger partial charge in [-0.3, -0.25) is 9.59 Å². The van der Waals surface area contributed by atoms with Crippen molar-refractivity contribution in [3.05, 3.63) is 69.7 Å². The number of hydrogen-bond donors (Lipinski definition) is 2. The first kappa shape index (κ1) is 26.0. The van der Waals surface area contributed by atoms with Gasteiger partial charge < -0.3 is 10.6 Å². The van der Waals surface area contributed by atoms with Crippen LogP contribution < -0.4 is 10.6 Å². The number of carbonyl (C=O) groups is 2. The molecule has 0 saturated heterocycles. The van der Waals surface area contributed by atoms with Gasteiger partial charge in [0.15, 0.2) is 0 Å². The first-order chi connectivity index (χ1) is 16.9. The Labute approximate surface area is 219 Å². The highest BCUT2D eigenvalue weighted by molar-refractivity contribution is 6.30. The predicted molar refractivity (Wildman–Crippen MR) is 143 cm³/mol. The molecule has 2 saturated carbocycles. The molecule has 2 aromatic rings. The maximum Gasteiger partial charge on any atom is 0.224 e. The van der Waals surface area contributed by atoms with Gasteiger partial charge in [0.25, 0.3) is 0 Å². The minimum atomic E-state index is 0.104. The van der Waals surface area contributed by atoms with Crippen molar-refractivity contribution in [2.75, 3.05) is 0 Å². The van der Waals surface area contributed by atoms with Gasteiger partial charge >= 0.3 is 0 Å². The van der Waals surface area contributed by atoms with Gasteiger partial charge in [-0.05, 0) is 105 Å². The second-order valence-corrected chi connectivity index (χ2v) is 11.3. The largest absolute Gasteiger partial charge is 0.353 e. The Morgan fingerprint density at radius 1 is 0.600 bits per heavy atom. The van der Waals surface area contributed by atoms with Crippen molar-refractivity contribution in [2.45, 2.75) is 82.7 Å². The van der Waals surface area contributed by atoms with E-state index in [4.69, 9.17) is 23.2 Å². The van der Waals surface area contributed by atoms with Crippen LogP contribution in [0.5, 0.6) is 0 Å². The van der Waals surface area contributed by atoms with Crippen molar-refractivity contribution >= 4 is 35.0 Å². The zero-order valence-corrected chi connectivity index (χ0v) is 21.8. The standard InChI is InChI=1S/C29H36Cl2N2O2/c30-24-9-1-22(2-10-24)18-28(34)32-26-13-5-20(6-14-26)17-21-7-15-27(16-8-21)33-29(35)19-23-3-11-25(31)12-4-23/h1-4,9-12,20-21,26-27H,5-8,13-19H2,(H,32,34)(H,33,35). The van der Waals surface area contributed by atoms with E-state index < -0.39 is 0 Å². The third-order valence-electron chi connectivity index (χ3n) is 7.65. The molecule has 4 rings (SSSR count). The summed E-state index contributed by atoms with van der Waals surface area (Å²) in [5.74, 6) is 1.74. The van der Waals surface area contributed by atoms with Gasteiger partial charge in [0.05, 0.1) is 12.8 Å². The molecule has 0 spiro atoms. The van der Waals surface area contributed by atoms with Crippen molar-refractivity contribution in [3.8, 4) is 0 Å². The Kier molecular flexibility index (Phi) is 9.51. The zero-order valence-electron chi connectivity index (χ0n) is 20.3. The van der Waals surface area contributed by atoms with Crippen LogP contribution in [-0.2, 0) is 22.4 Å². The lowest BCUT2D eigenvalue weighted by atomic mass is 9.75. The Hall–Kier alpha value is -2.04. The molecule has 0 heterocycles. The summed E-state index contributed by atoms with van der Waals surface area (Å²) in [4.78, 5) is 24.8. The second-order valence-electron chi connectivity index (χ2n) is 10.4. The van der Waals surface area contributed by atoms with E-state index in [-0.39, 0.29) is 11.8 Å². The fourth-order valence-corrected chi connectivity index (χ4v) is 5.94. The van der Waals surface area contributed by atoms with Gasteiger partial charge in [0, 0.05) is 22.1 Å². The van der Waals surface area contributed by atoms with E-state index in [0.717, 1.165) is 48.6 Å². The average Bonchev–Trinajstić information content (AvgIpc) is 2.84. The number of rotatable bonds is 8. The smallest absolute Gasteiger partial charge is 0.224 e. The van der Waals surface area contributed by atoms with E-state index in [1.807, 2.05) is 48.5 Å². The molecular formula is C29H36Cl2N2O2. The molecule has 0 radical (unpaired) electrons. The third kappa shape index (κ3) is 8.54. The molecular weight excluding hydrogens is 479 g/mol. The summed E-state index contributed by atoms with van der Waals surface area (Å²) in [6, 6.07) is 15.6. The van der Waals surface area contributed by atoms with Crippen molar-refractivity contribution in [2.24, 2.45) is 11.8 Å². The van der Waals surface area contributed by atoms with Gasteiger partial charge in [-0.1, -0.05) is 47.5 Å². The molecule has 2 aliphatic rings. The van der Waals surface area contributed by atoms with Crippen LogP contribution in [0.1, 0.15) is 68.9 Å². The van der Waals surface area contributed by atoms with Crippen molar-refractivity contribution in [1.29, 1.82) is 0 Å². The molecule has 188 valence electrons. The molecule has 2 N–H and O–H groups in total. The van der Waals surface area contributed by atoms with Crippen LogP contribution >= 0.6 is 23.2 Å². The highest BCUT2D eigenvalue weighted by Gasteiger charge is 2.28. The summed E-state index contributed by atoms with van der Waals surface area (Å²) in [6.45, 7) is 0. The SMILES string of the molecule is O=C(Cc1ccc(Cl)cc1)NC1CCC(CC2CCC(NC(=O)Cc3ccc(Cl)cc3)CC2)CC1. The monoisotopic (exact) mass is 514 g/mol. The lowest BCUT2D eigenvalue weighted by Gasteiger charge is -2.34. The van der Waals surface area contributed by atoms with Crippen LogP contribution in [0.15, 0.2) is 48.5 Å². The van der Waals surface area contributed by atoms with E-state index in [1.165, 1.54) is 32.1 Å². The third-order valence-corrected chi connectivity index (χ3v) is 8.15. The van der Waals surface area contributed by atoms with Gasteiger partial charge in [-0.2, -0.15) is 0 Å². The fraction of sp³-hybridized carbons (Fsp3) is 0.517. The molecule has 2 aliphatic carbocycles. The zero-order chi connectivity index (χ0) is 24.6. The Morgan fingerprint density at radius 3 is 1.29 bits per heavy atom. The first-order valence-electron chi connectivity index (χ1n) is 13.0. The van der Waals surface area contributed by atoms with E-state index in [0.29, 0.717) is 35.0 Å². The molecule has 4 nitrogen and oxygen atoms in total. The summed E-state index contributed by atoms with van der Waals surface area (Å²) in [5, 5.41) is 7.85. The highest BCUT2D eigenvalue weighted by Crippen LogP contribution is 2.35. The van der Waals surface area contributed by atoms with Gasteiger partial charge in [-0.25, -0.2) is 0 Å². The second kappa shape index (κ2) is 12.8. The Bertz CT molecular complexity index is 882. The number of halogens is 2. The van der Waals surface area contributed by atoms with E-state index >= 15 is 0 Å². The van der Waals surface area contributed by atoms with Crippen LogP contribution in [0.3, 0.4) is 0 Å². The predicted octanol–water partition coefficient (Wildman–Crippen LogP) is 6.52. The minimum Gasteiger partial charge on any atom is -0.353 e. The molecule has 2 amide bonds. The number of hydrogen-bond acceptors (Lipinski definition) is 2. The van der Waals surface area contributed by atoms with Crippen LogP contribution in [0.2, 0.25) is 10.0 Å². The van der Waals surface area contributed by atoms with Gasteiger partial charge in [0.1, 0.15) is 0 Å². The molecule has 6 heteroatoms. The van der Waals surface area contributed by atoms with Gasteiger partial charge in [0.2, 0.25) is 11.8 Å². The topological polar surface area (TPSA) is 58.2 Å². The summed E-state index contributed by atoms with van der Waals surface area (Å²) in [6.07, 6.45) is 11.2. The van der Waals surface area contributed by atoms with Crippen molar-refractivity contribution in [3.63, 3.8) is 0 Å². The Balaban J connectivity index is 1.10. The highest BCUT2D eigenvalue weighted by atomic mass is 35.5. The lowest BCUT2D eigenvalue weighted by molar-refractivity contribution is -0.122. The van der Waals surface area contributed by atoms with E-state index in [1.54, 1.807) is 0 Å². The lowest BCUT2D eigenvalue weighted by Crippen LogP contribution is -2.39.